The van der Waals surface area contributed by atoms with Crippen LogP contribution in [-0.4, -0.2) is 6.54 Å². The zero-order valence-corrected chi connectivity index (χ0v) is 9.76. The minimum absolute atomic E-state index is 0.672. The number of rotatable bonds is 4. The molecule has 1 N–H and O–H groups in total. The number of nitrogens with one attached hydrogen (secondary N) is 1. The normalized spacial score (nSPS) is 9.50. The molecule has 2 nitrogen and oxygen atoms in total. The Morgan fingerprint density at radius 1 is 1.50 bits per heavy atom. The van der Waals surface area contributed by atoms with Crippen LogP contribution >= 0.6 is 15.9 Å². The molecule has 0 amide bonds. The second kappa shape index (κ2) is 5.66. The Labute approximate surface area is 93.1 Å². The number of hydrogen-bond donors (Lipinski definition) is 1. The first-order chi connectivity index (χ1) is 6.77. The fraction of sp³-hybridized carbons (Fsp3) is 0.364. The molecule has 1 rings (SSSR count). The molecule has 0 radical (unpaired) electrons. The van der Waals surface area contributed by atoms with Gasteiger partial charge >= 0.3 is 0 Å². The molecule has 0 aliphatic carbocycles. The van der Waals surface area contributed by atoms with Crippen molar-refractivity contribution in [3.8, 4) is 6.07 Å². The van der Waals surface area contributed by atoms with Gasteiger partial charge in [0.2, 0.25) is 0 Å². The molecule has 0 bridgehead atoms. The Kier molecular flexibility index (Phi) is 4.48. The van der Waals surface area contributed by atoms with Crippen LogP contribution in [0.5, 0.6) is 0 Å². The summed E-state index contributed by atoms with van der Waals surface area (Å²) in [4.78, 5) is 0. The van der Waals surface area contributed by atoms with Crippen molar-refractivity contribution in [2.75, 3.05) is 11.9 Å². The molecule has 0 atom stereocenters. The molecule has 0 fully saturated rings. The maximum Gasteiger partial charge on any atom is 0.100 e. The van der Waals surface area contributed by atoms with Gasteiger partial charge in [0.25, 0.3) is 0 Å². The lowest BCUT2D eigenvalue weighted by molar-refractivity contribution is 0.834. The van der Waals surface area contributed by atoms with E-state index >= 15 is 0 Å². The first-order valence-electron chi connectivity index (χ1n) is 4.71. The van der Waals surface area contributed by atoms with Crippen molar-refractivity contribution >= 4 is 21.6 Å². The molecule has 0 saturated carbocycles. The Bertz CT molecular complexity index is 342. The summed E-state index contributed by atoms with van der Waals surface area (Å²) in [6, 6.07) is 7.80. The van der Waals surface area contributed by atoms with E-state index in [-0.39, 0.29) is 0 Å². The highest BCUT2D eigenvalue weighted by molar-refractivity contribution is 9.10. The highest BCUT2D eigenvalue weighted by Crippen LogP contribution is 2.20. The second-order valence-corrected chi connectivity index (χ2v) is 3.94. The second-order valence-electron chi connectivity index (χ2n) is 3.09. The third-order valence-corrected chi connectivity index (χ3v) is 2.61. The van der Waals surface area contributed by atoms with Gasteiger partial charge in [-0.2, -0.15) is 5.26 Å². The maximum absolute atomic E-state index is 8.72. The summed E-state index contributed by atoms with van der Waals surface area (Å²) in [6.07, 6.45) is 2.35. The van der Waals surface area contributed by atoms with Crippen molar-refractivity contribution in [2.45, 2.75) is 19.8 Å². The lowest BCUT2D eigenvalue weighted by Gasteiger charge is -2.06. The number of nitrogens with zero attached hydrogens (tertiary/aromatic N) is 1. The van der Waals surface area contributed by atoms with E-state index in [9.17, 15) is 0 Å². The molecule has 0 spiro atoms. The molecular formula is C11H13BrN2. The summed E-state index contributed by atoms with van der Waals surface area (Å²) in [6.45, 7) is 3.14. The molecule has 0 saturated heterocycles. The number of unbranched alkanes of at least 4 members (excludes halogenated alkanes) is 1. The third kappa shape index (κ3) is 3.04. The van der Waals surface area contributed by atoms with Crippen LogP contribution in [0.1, 0.15) is 25.3 Å². The first-order valence-corrected chi connectivity index (χ1v) is 5.50. The minimum atomic E-state index is 0.672. The van der Waals surface area contributed by atoms with Gasteiger partial charge in [-0.1, -0.05) is 13.3 Å². The van der Waals surface area contributed by atoms with E-state index in [1.165, 1.54) is 6.42 Å². The van der Waals surface area contributed by atoms with Crippen LogP contribution in [0.2, 0.25) is 0 Å². The number of hydrogen-bond acceptors (Lipinski definition) is 2. The molecule has 1 aromatic rings. The molecule has 3 heteroatoms. The minimum Gasteiger partial charge on any atom is -0.385 e. The van der Waals surface area contributed by atoms with Crippen LogP contribution in [-0.2, 0) is 0 Å². The molecule has 0 aliphatic heterocycles. The van der Waals surface area contributed by atoms with Gasteiger partial charge in [0.1, 0.15) is 6.07 Å². The Balaban J connectivity index is 2.63. The predicted octanol–water partition coefficient (Wildman–Crippen LogP) is 3.53. The maximum atomic E-state index is 8.72. The average Bonchev–Trinajstić information content (AvgIpc) is 2.18. The molecule has 0 unspecified atom stereocenters. The van der Waals surface area contributed by atoms with Crippen LogP contribution in [0.25, 0.3) is 0 Å². The van der Waals surface area contributed by atoms with Gasteiger partial charge in [-0.15, -0.1) is 0 Å². The van der Waals surface area contributed by atoms with E-state index in [1.54, 1.807) is 0 Å². The summed E-state index contributed by atoms with van der Waals surface area (Å²) in [7, 11) is 0. The van der Waals surface area contributed by atoms with E-state index in [4.69, 9.17) is 5.26 Å². The van der Waals surface area contributed by atoms with Crippen molar-refractivity contribution in [1.82, 2.24) is 0 Å². The summed E-state index contributed by atoms with van der Waals surface area (Å²) < 4.78 is 0.849. The monoisotopic (exact) mass is 252 g/mol. The fourth-order valence-corrected chi connectivity index (χ4v) is 1.59. The molecule has 74 valence electrons. The van der Waals surface area contributed by atoms with Crippen molar-refractivity contribution in [2.24, 2.45) is 0 Å². The van der Waals surface area contributed by atoms with Crippen LogP contribution in [0, 0.1) is 11.3 Å². The first kappa shape index (κ1) is 11.1. The highest BCUT2D eigenvalue weighted by atomic mass is 79.9. The summed E-state index contributed by atoms with van der Waals surface area (Å²) in [5, 5.41) is 12.0. The summed E-state index contributed by atoms with van der Waals surface area (Å²) >= 11 is 3.35. The lowest BCUT2D eigenvalue weighted by atomic mass is 10.2. The van der Waals surface area contributed by atoms with Gasteiger partial charge in [-0.05, 0) is 40.5 Å². The Morgan fingerprint density at radius 3 is 2.86 bits per heavy atom. The number of benzene rings is 1. The van der Waals surface area contributed by atoms with Crippen LogP contribution in [0.3, 0.4) is 0 Å². The van der Waals surface area contributed by atoms with E-state index < -0.39 is 0 Å². The van der Waals surface area contributed by atoms with E-state index in [0.717, 1.165) is 23.1 Å². The highest BCUT2D eigenvalue weighted by Gasteiger charge is 1.99. The van der Waals surface area contributed by atoms with E-state index in [1.807, 2.05) is 18.2 Å². The van der Waals surface area contributed by atoms with Gasteiger partial charge in [-0.25, -0.2) is 0 Å². The zero-order chi connectivity index (χ0) is 10.4. The molecule has 0 heterocycles. The van der Waals surface area contributed by atoms with Gasteiger partial charge in [0.05, 0.1) is 5.56 Å². The van der Waals surface area contributed by atoms with Crippen molar-refractivity contribution in [3.05, 3.63) is 28.2 Å². The number of halogens is 1. The third-order valence-electron chi connectivity index (χ3n) is 1.95. The zero-order valence-electron chi connectivity index (χ0n) is 8.18. The van der Waals surface area contributed by atoms with Gasteiger partial charge in [0.15, 0.2) is 0 Å². The molecule has 1 aromatic carbocycles. The number of anilines is 1. The van der Waals surface area contributed by atoms with Crippen molar-refractivity contribution < 1.29 is 0 Å². The Morgan fingerprint density at radius 2 is 2.29 bits per heavy atom. The van der Waals surface area contributed by atoms with Crippen LogP contribution in [0.15, 0.2) is 22.7 Å². The Hall–Kier alpha value is -1.01. The van der Waals surface area contributed by atoms with Gasteiger partial charge in [0, 0.05) is 16.7 Å². The van der Waals surface area contributed by atoms with Crippen molar-refractivity contribution in [1.29, 1.82) is 5.26 Å². The quantitative estimate of drug-likeness (QED) is 0.833. The molecular weight excluding hydrogens is 240 g/mol. The summed E-state index contributed by atoms with van der Waals surface area (Å²) in [5.74, 6) is 0. The topological polar surface area (TPSA) is 35.8 Å². The molecule has 0 aromatic heterocycles. The van der Waals surface area contributed by atoms with E-state index in [2.05, 4.69) is 34.2 Å². The van der Waals surface area contributed by atoms with Crippen LogP contribution in [0.4, 0.5) is 5.69 Å². The SMILES string of the molecule is CCCCNc1ccc(C#N)c(Br)c1. The van der Waals surface area contributed by atoms with Crippen LogP contribution < -0.4 is 5.32 Å². The molecule has 0 aliphatic rings. The smallest absolute Gasteiger partial charge is 0.100 e. The largest absolute Gasteiger partial charge is 0.385 e. The average molecular weight is 253 g/mol. The lowest BCUT2D eigenvalue weighted by Crippen LogP contribution is -2.00. The van der Waals surface area contributed by atoms with Gasteiger partial charge in [-0.3, -0.25) is 0 Å². The van der Waals surface area contributed by atoms with E-state index in [0.29, 0.717) is 5.56 Å². The predicted molar refractivity (Wildman–Crippen MR) is 62.3 cm³/mol. The van der Waals surface area contributed by atoms with Crippen molar-refractivity contribution in [3.63, 3.8) is 0 Å². The molecule has 14 heavy (non-hydrogen) atoms. The standard InChI is InChI=1S/C11H13BrN2/c1-2-3-6-14-10-5-4-9(8-13)11(12)7-10/h4-5,7,14H,2-3,6H2,1H3. The summed E-state index contributed by atoms with van der Waals surface area (Å²) in [5.41, 5.74) is 1.73. The number of nitriles is 1. The van der Waals surface area contributed by atoms with Gasteiger partial charge < -0.3 is 5.32 Å². The fourth-order valence-electron chi connectivity index (χ4n) is 1.13.